The Morgan fingerprint density at radius 1 is 1.25 bits per heavy atom. The fraction of sp³-hybridized carbons (Fsp3) is 0.647. The Balaban J connectivity index is 2.44. The third kappa shape index (κ3) is 3.53. The molecular formula is C17H27NO2. The van der Waals surface area contributed by atoms with Gasteiger partial charge in [0.2, 0.25) is 0 Å². The van der Waals surface area contributed by atoms with Crippen LogP contribution in [0.4, 0.5) is 0 Å². The van der Waals surface area contributed by atoms with Crippen LogP contribution in [0.3, 0.4) is 0 Å². The number of methoxy groups -OCH3 is 1. The van der Waals surface area contributed by atoms with Gasteiger partial charge in [-0.3, -0.25) is 0 Å². The van der Waals surface area contributed by atoms with Crippen molar-refractivity contribution in [3.8, 4) is 5.75 Å². The minimum atomic E-state index is -1.62. The molecular weight excluding hydrogens is 250 g/mol. The summed E-state index contributed by atoms with van der Waals surface area (Å²) in [5.74, 6) is 0.157. The van der Waals surface area contributed by atoms with Crippen LogP contribution in [0.1, 0.15) is 46.3 Å². The van der Waals surface area contributed by atoms with Crippen LogP contribution in [-0.2, 0) is 0 Å². The molecule has 1 saturated carbocycles. The van der Waals surface area contributed by atoms with Gasteiger partial charge < -0.3 is 14.7 Å². The number of ether oxygens (including phenoxy) is 1. The van der Waals surface area contributed by atoms with Gasteiger partial charge in [-0.1, -0.05) is 31.4 Å². The fourth-order valence-corrected chi connectivity index (χ4v) is 3.01. The summed E-state index contributed by atoms with van der Waals surface area (Å²) >= 11 is 0. The lowest BCUT2D eigenvalue weighted by atomic mass is 9.72. The van der Waals surface area contributed by atoms with E-state index in [0.29, 0.717) is 12.8 Å². The van der Waals surface area contributed by atoms with Crippen molar-refractivity contribution in [2.45, 2.75) is 43.6 Å². The summed E-state index contributed by atoms with van der Waals surface area (Å²) in [7, 11) is 5.06. The van der Waals surface area contributed by atoms with Crippen molar-refractivity contribution in [1.29, 1.82) is 0 Å². The zero-order valence-corrected chi connectivity index (χ0v) is 12.7. The van der Waals surface area contributed by atoms with Crippen LogP contribution in [0, 0.1) is 0 Å². The van der Waals surface area contributed by atoms with Crippen LogP contribution < -0.4 is 4.74 Å². The van der Waals surface area contributed by atoms with Crippen molar-refractivity contribution in [3.05, 3.63) is 29.8 Å². The van der Waals surface area contributed by atoms with E-state index in [-0.39, 0.29) is 0 Å². The van der Waals surface area contributed by atoms with E-state index >= 15 is 0 Å². The standard InChI is InChI=1S/C17H27NO2/c1-18(2)13-16(17(19)11-5-4-6-12-17)14-7-9-15(20-3)10-8-14/h7-10,16,19H,4-6,11-13H2,1-3H3/i13D2. The first-order chi connectivity index (χ1) is 10.3. The molecule has 0 aromatic heterocycles. The van der Waals surface area contributed by atoms with Crippen molar-refractivity contribution in [1.82, 2.24) is 4.90 Å². The van der Waals surface area contributed by atoms with E-state index < -0.39 is 18.0 Å². The molecule has 0 saturated heterocycles. The highest BCUT2D eigenvalue weighted by molar-refractivity contribution is 5.31. The van der Waals surface area contributed by atoms with Crippen LogP contribution in [0.25, 0.3) is 0 Å². The highest BCUT2D eigenvalue weighted by Crippen LogP contribution is 2.40. The third-order valence-corrected chi connectivity index (χ3v) is 4.09. The van der Waals surface area contributed by atoms with Crippen LogP contribution in [0.2, 0.25) is 0 Å². The average molecular weight is 279 g/mol. The highest BCUT2D eigenvalue weighted by Gasteiger charge is 2.38. The second kappa shape index (κ2) is 6.59. The predicted molar refractivity (Wildman–Crippen MR) is 82.3 cm³/mol. The zero-order valence-electron chi connectivity index (χ0n) is 14.7. The Kier molecular flexibility index (Phi) is 4.18. The van der Waals surface area contributed by atoms with E-state index in [1.807, 2.05) is 24.3 Å². The van der Waals surface area contributed by atoms with Crippen LogP contribution >= 0.6 is 0 Å². The second-order valence-corrected chi connectivity index (χ2v) is 5.89. The summed E-state index contributed by atoms with van der Waals surface area (Å²) in [6.07, 6.45) is 4.32. The average Bonchev–Trinajstić information content (AvgIpc) is 2.48. The molecule has 1 fully saturated rings. The third-order valence-electron chi connectivity index (χ3n) is 4.09. The fourth-order valence-electron chi connectivity index (χ4n) is 3.01. The van der Waals surface area contributed by atoms with Gasteiger partial charge >= 0.3 is 0 Å². The molecule has 1 N–H and O–H groups in total. The molecule has 1 aliphatic rings. The van der Waals surface area contributed by atoms with Gasteiger partial charge in [0.1, 0.15) is 5.75 Å². The van der Waals surface area contributed by atoms with E-state index in [9.17, 15) is 5.11 Å². The highest BCUT2D eigenvalue weighted by atomic mass is 16.5. The molecule has 0 spiro atoms. The number of hydrogen-bond donors (Lipinski definition) is 1. The maximum atomic E-state index is 11.2. The molecule has 0 heterocycles. The molecule has 1 atom stereocenters. The lowest BCUT2D eigenvalue weighted by molar-refractivity contribution is -0.0277. The lowest BCUT2D eigenvalue weighted by Crippen LogP contribution is -2.42. The predicted octanol–water partition coefficient (Wildman–Crippen LogP) is 3.04. The first-order valence-corrected chi connectivity index (χ1v) is 7.35. The van der Waals surface area contributed by atoms with E-state index in [4.69, 9.17) is 7.48 Å². The Labute approximate surface area is 125 Å². The van der Waals surface area contributed by atoms with Gasteiger partial charge in [0, 0.05) is 15.2 Å². The van der Waals surface area contributed by atoms with Gasteiger partial charge in [-0.2, -0.15) is 0 Å². The molecule has 1 aliphatic carbocycles. The number of benzene rings is 1. The molecule has 112 valence electrons. The molecule has 20 heavy (non-hydrogen) atoms. The van der Waals surface area contributed by atoms with Crippen molar-refractivity contribution in [3.63, 3.8) is 0 Å². The largest absolute Gasteiger partial charge is 0.497 e. The maximum absolute atomic E-state index is 11.2. The van der Waals surface area contributed by atoms with Gasteiger partial charge in [-0.05, 0) is 44.6 Å². The smallest absolute Gasteiger partial charge is 0.118 e. The number of likely N-dealkylation sites (N-methyl/N-ethyl adjacent to an activating group) is 1. The molecule has 3 nitrogen and oxygen atoms in total. The maximum Gasteiger partial charge on any atom is 0.118 e. The molecule has 0 radical (unpaired) electrons. The van der Waals surface area contributed by atoms with E-state index in [0.717, 1.165) is 30.6 Å². The topological polar surface area (TPSA) is 32.7 Å². The lowest BCUT2D eigenvalue weighted by Gasteiger charge is -2.40. The second-order valence-electron chi connectivity index (χ2n) is 5.89. The molecule has 2 rings (SSSR count). The summed E-state index contributed by atoms with van der Waals surface area (Å²) in [6, 6.07) is 7.41. The normalized spacial score (nSPS) is 22.1. The van der Waals surface area contributed by atoms with Crippen LogP contribution in [0.15, 0.2) is 24.3 Å². The number of nitrogens with zero attached hydrogens (tertiary/aromatic N) is 1. The van der Waals surface area contributed by atoms with E-state index in [1.165, 1.54) is 0 Å². The Morgan fingerprint density at radius 2 is 1.85 bits per heavy atom. The molecule has 0 bridgehead atoms. The summed E-state index contributed by atoms with van der Waals surface area (Å²) in [5.41, 5.74) is -0.176. The van der Waals surface area contributed by atoms with Gasteiger partial charge in [0.15, 0.2) is 0 Å². The summed E-state index contributed by atoms with van der Waals surface area (Å²) in [4.78, 5) is 1.56. The Bertz CT molecular complexity index is 482. The van der Waals surface area contributed by atoms with Crippen LogP contribution in [0.5, 0.6) is 5.75 Å². The summed E-state index contributed by atoms with van der Waals surface area (Å²) < 4.78 is 22.3. The number of rotatable bonds is 5. The molecule has 0 amide bonds. The van der Waals surface area contributed by atoms with Gasteiger partial charge in [0.25, 0.3) is 0 Å². The minimum Gasteiger partial charge on any atom is -0.497 e. The van der Waals surface area contributed by atoms with E-state index in [2.05, 4.69) is 0 Å². The quantitative estimate of drug-likeness (QED) is 0.899. The molecule has 1 aromatic rings. The van der Waals surface area contributed by atoms with Gasteiger partial charge in [-0.25, -0.2) is 0 Å². The number of aliphatic hydroxyl groups is 1. The Hall–Kier alpha value is -1.06. The summed E-state index contributed by atoms with van der Waals surface area (Å²) in [5, 5.41) is 11.2. The van der Waals surface area contributed by atoms with Gasteiger partial charge in [-0.15, -0.1) is 0 Å². The van der Waals surface area contributed by atoms with Crippen molar-refractivity contribution < 1.29 is 12.6 Å². The van der Waals surface area contributed by atoms with Gasteiger partial charge in [0.05, 0.1) is 12.7 Å². The monoisotopic (exact) mass is 279 g/mol. The van der Waals surface area contributed by atoms with Crippen molar-refractivity contribution >= 4 is 0 Å². The van der Waals surface area contributed by atoms with Crippen LogP contribution in [-0.4, -0.2) is 43.3 Å². The first-order valence-electron chi connectivity index (χ1n) is 8.35. The Morgan fingerprint density at radius 3 is 2.35 bits per heavy atom. The molecule has 1 unspecified atom stereocenters. The molecule has 0 aliphatic heterocycles. The first kappa shape index (κ1) is 12.7. The van der Waals surface area contributed by atoms with E-state index in [1.54, 1.807) is 26.1 Å². The molecule has 3 heteroatoms. The van der Waals surface area contributed by atoms with Crippen molar-refractivity contribution in [2.75, 3.05) is 27.7 Å². The minimum absolute atomic E-state index is 0.582. The summed E-state index contributed by atoms with van der Waals surface area (Å²) in [6.45, 7) is -1.62. The number of hydrogen-bond acceptors (Lipinski definition) is 3. The SMILES string of the molecule is [2H]C([2H])(C(c1ccc(OC)cc1)C1(O)CCCCC1)N(C)C. The zero-order chi connectivity index (χ0) is 16.4. The molecule has 1 aromatic carbocycles. The van der Waals surface area contributed by atoms with Crippen molar-refractivity contribution in [2.24, 2.45) is 0 Å².